The molecular formula is C16H22O6S3. The van der Waals surface area contributed by atoms with E-state index in [1.54, 1.807) is 24.3 Å². The number of phenolic OH excluding ortho intramolecular Hbond substituents is 2. The Bertz CT molecular complexity index is 653. The van der Waals surface area contributed by atoms with Gasteiger partial charge in [0.1, 0.15) is 36.5 Å². The van der Waals surface area contributed by atoms with Gasteiger partial charge in [-0.15, -0.1) is 0 Å². The molecule has 0 spiro atoms. The molecule has 0 aliphatic rings. The van der Waals surface area contributed by atoms with Crippen LogP contribution in [0.3, 0.4) is 0 Å². The van der Waals surface area contributed by atoms with Crippen LogP contribution in [-0.4, -0.2) is 52.8 Å². The number of hydrogen-bond donors (Lipinski definition) is 2. The molecular weight excluding hydrogens is 384 g/mol. The van der Waals surface area contributed by atoms with Gasteiger partial charge in [0.25, 0.3) is 0 Å². The van der Waals surface area contributed by atoms with E-state index in [4.69, 9.17) is 27.7 Å². The fraction of sp³-hybridized carbons (Fsp3) is 0.250. The monoisotopic (exact) mass is 406 g/mol. The van der Waals surface area contributed by atoms with Crippen molar-refractivity contribution < 1.29 is 27.7 Å². The van der Waals surface area contributed by atoms with Crippen molar-refractivity contribution in [1.82, 2.24) is 0 Å². The Morgan fingerprint density at radius 1 is 0.680 bits per heavy atom. The minimum absolute atomic E-state index is 0.302. The van der Waals surface area contributed by atoms with E-state index in [1.807, 2.05) is 24.3 Å². The summed E-state index contributed by atoms with van der Waals surface area (Å²) in [6.07, 6.45) is 8.64. The van der Waals surface area contributed by atoms with Crippen molar-refractivity contribution in [1.29, 1.82) is 0 Å². The lowest BCUT2D eigenvalue weighted by Gasteiger charge is -2.06. The molecule has 140 valence electrons. The van der Waals surface area contributed by atoms with E-state index in [-0.39, 0.29) is 0 Å². The molecule has 0 aromatic heterocycles. The zero-order valence-corrected chi connectivity index (χ0v) is 16.8. The Kier molecular flexibility index (Phi) is 10.6. The lowest BCUT2D eigenvalue weighted by Crippen LogP contribution is -1.93. The first-order chi connectivity index (χ1) is 11.4. The molecule has 2 N–H and O–H groups in total. The van der Waals surface area contributed by atoms with Crippen molar-refractivity contribution in [3.8, 4) is 11.5 Å². The van der Waals surface area contributed by atoms with Crippen LogP contribution >= 0.6 is 0 Å². The lowest BCUT2D eigenvalue weighted by molar-refractivity contribution is 0.352. The van der Waals surface area contributed by atoms with Gasteiger partial charge in [-0.25, -0.2) is 0 Å². The first-order valence-corrected chi connectivity index (χ1v) is 12.2. The SMILES string of the molecule is C[S+](C)c1ccc(O)cc1.C[S+](C)c1ccc(O)cc1.O=S(=O)([O-])[O-]. The average molecular weight is 407 g/mol. The number of rotatable bonds is 2. The Morgan fingerprint density at radius 2 is 0.880 bits per heavy atom. The number of phenols is 2. The highest BCUT2D eigenvalue weighted by atomic mass is 32.3. The summed E-state index contributed by atoms with van der Waals surface area (Å²) >= 11 is 0. The average Bonchev–Trinajstić information content (AvgIpc) is 2.47. The maximum Gasteiger partial charge on any atom is 0.154 e. The van der Waals surface area contributed by atoms with E-state index < -0.39 is 10.4 Å². The predicted molar refractivity (Wildman–Crippen MR) is 102 cm³/mol. The van der Waals surface area contributed by atoms with E-state index >= 15 is 0 Å². The molecule has 0 amide bonds. The molecule has 25 heavy (non-hydrogen) atoms. The van der Waals surface area contributed by atoms with Crippen molar-refractivity contribution in [3.05, 3.63) is 48.5 Å². The third-order valence-electron chi connectivity index (χ3n) is 2.62. The van der Waals surface area contributed by atoms with Gasteiger partial charge in [-0.1, -0.05) is 0 Å². The highest BCUT2D eigenvalue weighted by Gasteiger charge is 2.06. The summed E-state index contributed by atoms with van der Waals surface area (Å²) in [5, 5.41) is 17.9. The van der Waals surface area contributed by atoms with E-state index in [9.17, 15) is 0 Å². The molecule has 2 aromatic rings. The second kappa shape index (κ2) is 11.3. The summed E-state index contributed by atoms with van der Waals surface area (Å²) in [4.78, 5) is 2.58. The zero-order valence-electron chi connectivity index (χ0n) is 14.4. The van der Waals surface area contributed by atoms with E-state index in [2.05, 4.69) is 25.0 Å². The molecule has 2 rings (SSSR count). The highest BCUT2D eigenvalue weighted by Crippen LogP contribution is 2.14. The number of hydrogen-bond acceptors (Lipinski definition) is 6. The van der Waals surface area contributed by atoms with Gasteiger partial charge in [-0.2, -0.15) is 0 Å². The van der Waals surface area contributed by atoms with Gasteiger partial charge >= 0.3 is 0 Å². The second-order valence-corrected chi connectivity index (χ2v) is 10.1. The quantitative estimate of drug-likeness (QED) is 0.446. The maximum absolute atomic E-state index is 8.94. The molecule has 0 aliphatic heterocycles. The molecule has 0 unspecified atom stereocenters. The molecule has 2 aromatic carbocycles. The Labute approximate surface area is 154 Å². The van der Waals surface area contributed by atoms with E-state index in [0.717, 1.165) is 0 Å². The summed E-state index contributed by atoms with van der Waals surface area (Å²) in [6, 6.07) is 14.7. The minimum Gasteiger partial charge on any atom is -0.759 e. The summed E-state index contributed by atoms with van der Waals surface area (Å²) in [5.41, 5.74) is 0. The van der Waals surface area contributed by atoms with Gasteiger partial charge in [-0.05, 0) is 48.5 Å². The third-order valence-corrected chi connectivity index (χ3v) is 5.05. The van der Waals surface area contributed by atoms with Crippen molar-refractivity contribution in [2.45, 2.75) is 9.79 Å². The fourth-order valence-electron chi connectivity index (χ4n) is 1.44. The molecule has 6 nitrogen and oxygen atoms in total. The molecule has 0 heterocycles. The van der Waals surface area contributed by atoms with Crippen LogP contribution in [0.4, 0.5) is 0 Å². The standard InChI is InChI=1S/2C8H10OS.H2O4S/c2*1-10(2)8-5-3-7(9)4-6-8;1-5(2,3)4/h2*3-6H,1-2H3;(H2,1,2,3,4). The highest BCUT2D eigenvalue weighted by molar-refractivity contribution is 7.95. The smallest absolute Gasteiger partial charge is 0.154 e. The van der Waals surface area contributed by atoms with Crippen molar-refractivity contribution in [2.24, 2.45) is 0 Å². The molecule has 0 fully saturated rings. The van der Waals surface area contributed by atoms with Gasteiger partial charge in [0, 0.05) is 32.2 Å². The van der Waals surface area contributed by atoms with Crippen molar-refractivity contribution in [3.63, 3.8) is 0 Å². The molecule has 0 saturated heterocycles. The van der Waals surface area contributed by atoms with E-state index in [0.29, 0.717) is 33.3 Å². The first kappa shape index (κ1) is 23.6. The molecule has 0 bridgehead atoms. The molecule has 0 radical (unpaired) electrons. The van der Waals surface area contributed by atoms with Gasteiger partial charge in [0.15, 0.2) is 9.79 Å². The van der Waals surface area contributed by atoms with Gasteiger partial charge < -0.3 is 19.3 Å². The molecule has 9 heteroatoms. The van der Waals surface area contributed by atoms with Crippen LogP contribution in [0.1, 0.15) is 0 Å². The van der Waals surface area contributed by atoms with Gasteiger partial charge in [0.2, 0.25) is 0 Å². The van der Waals surface area contributed by atoms with Crippen LogP contribution in [0.5, 0.6) is 11.5 Å². The summed E-state index contributed by atoms with van der Waals surface area (Å²) < 4.78 is 34.1. The number of aromatic hydroxyl groups is 2. The number of benzene rings is 2. The van der Waals surface area contributed by atoms with Crippen LogP contribution in [0.25, 0.3) is 0 Å². The molecule has 0 atom stereocenters. The lowest BCUT2D eigenvalue weighted by atomic mass is 10.3. The predicted octanol–water partition coefficient (Wildman–Crippen LogP) is 1.92. The third kappa shape index (κ3) is 13.6. The molecule has 0 aliphatic carbocycles. The normalized spacial score (nSPS) is 10.6. The maximum atomic E-state index is 8.94. The zero-order chi connectivity index (χ0) is 19.6. The van der Waals surface area contributed by atoms with E-state index in [1.165, 1.54) is 9.79 Å². The largest absolute Gasteiger partial charge is 0.759 e. The Morgan fingerprint density at radius 3 is 1.04 bits per heavy atom. The van der Waals surface area contributed by atoms with Crippen LogP contribution in [0.2, 0.25) is 0 Å². The van der Waals surface area contributed by atoms with Gasteiger partial charge in [-0.3, -0.25) is 8.42 Å². The Hall–Kier alpha value is -1.39. The molecule has 0 saturated carbocycles. The summed E-state index contributed by atoms with van der Waals surface area (Å²) in [7, 11) is -4.56. The fourth-order valence-corrected chi connectivity index (χ4v) is 2.80. The van der Waals surface area contributed by atoms with Crippen LogP contribution in [0, 0.1) is 0 Å². The Balaban J connectivity index is 0.000000368. The van der Waals surface area contributed by atoms with Crippen LogP contribution in [-0.2, 0) is 32.2 Å². The summed E-state index contributed by atoms with van der Waals surface area (Å²) in [6.45, 7) is 0. The second-order valence-electron chi connectivity index (χ2n) is 5.03. The van der Waals surface area contributed by atoms with Crippen molar-refractivity contribution >= 4 is 32.2 Å². The first-order valence-electron chi connectivity index (χ1n) is 6.80. The summed E-state index contributed by atoms with van der Waals surface area (Å²) in [5.74, 6) is 0.684. The minimum atomic E-state index is -5.17. The van der Waals surface area contributed by atoms with Gasteiger partial charge in [0.05, 0.1) is 0 Å². The van der Waals surface area contributed by atoms with Crippen LogP contribution < -0.4 is 0 Å². The topological polar surface area (TPSA) is 121 Å². The van der Waals surface area contributed by atoms with Crippen molar-refractivity contribution in [2.75, 3.05) is 25.0 Å². The van der Waals surface area contributed by atoms with Crippen LogP contribution in [0.15, 0.2) is 58.3 Å².